The third-order valence-corrected chi connectivity index (χ3v) is 4.87. The van der Waals surface area contributed by atoms with E-state index < -0.39 is 0 Å². The van der Waals surface area contributed by atoms with E-state index in [0.717, 1.165) is 36.0 Å². The molecule has 2 aliphatic carbocycles. The minimum atomic E-state index is -0.363. The number of nitrogens with zero attached hydrogens (tertiary/aromatic N) is 1. The van der Waals surface area contributed by atoms with Gasteiger partial charge in [0.15, 0.2) is 5.82 Å². The van der Waals surface area contributed by atoms with Crippen molar-refractivity contribution in [3.8, 4) is 11.1 Å². The Kier molecular flexibility index (Phi) is 2.58. The van der Waals surface area contributed by atoms with Crippen molar-refractivity contribution in [1.82, 2.24) is 5.16 Å². The molecule has 2 fully saturated rings. The summed E-state index contributed by atoms with van der Waals surface area (Å²) >= 11 is 6.14. The molecule has 0 aliphatic heterocycles. The average Bonchev–Trinajstić information content (AvgIpc) is 2.83. The third-order valence-electron chi connectivity index (χ3n) is 4.56. The number of hydrogen-bond donors (Lipinski definition) is 1. The van der Waals surface area contributed by atoms with E-state index >= 15 is 0 Å². The molecule has 5 heteroatoms. The Labute approximate surface area is 120 Å². The molecule has 1 heterocycles. The Morgan fingerprint density at radius 2 is 2.00 bits per heavy atom. The van der Waals surface area contributed by atoms with Crippen LogP contribution in [-0.2, 0) is 0 Å². The lowest BCUT2D eigenvalue weighted by Crippen LogP contribution is -1.98. The van der Waals surface area contributed by atoms with E-state index in [1.54, 1.807) is 6.07 Å². The van der Waals surface area contributed by atoms with E-state index in [1.807, 2.05) is 0 Å². The largest absolute Gasteiger partial charge is 0.380 e. The number of hydrogen-bond acceptors (Lipinski definition) is 3. The first-order valence-electron chi connectivity index (χ1n) is 6.84. The normalized spacial score (nSPS) is 27.6. The van der Waals surface area contributed by atoms with Crippen LogP contribution in [0.4, 0.5) is 10.2 Å². The highest BCUT2D eigenvalue weighted by Gasteiger charge is 2.48. The maximum Gasteiger partial charge on any atom is 0.175 e. The van der Waals surface area contributed by atoms with Crippen molar-refractivity contribution in [2.45, 2.75) is 25.2 Å². The number of nitrogens with two attached hydrogens (primary N) is 1. The second kappa shape index (κ2) is 4.22. The molecule has 2 saturated carbocycles. The maximum atomic E-state index is 13.2. The van der Waals surface area contributed by atoms with Gasteiger partial charge in [0.05, 0.1) is 10.6 Å². The van der Waals surface area contributed by atoms with E-state index in [0.29, 0.717) is 22.3 Å². The van der Waals surface area contributed by atoms with Crippen LogP contribution in [0.15, 0.2) is 22.7 Å². The standard InChI is InChI=1S/C15H14ClFN2O/c16-12-6-10(17)1-2-11(12)13-14(20-19-15(13)18)9-4-7-3-8(7)5-9/h1-2,6-9H,3-5H2,(H2,18,19). The van der Waals surface area contributed by atoms with Gasteiger partial charge in [-0.2, -0.15) is 0 Å². The highest BCUT2D eigenvalue weighted by atomic mass is 35.5. The topological polar surface area (TPSA) is 52.0 Å². The number of fused-ring (bicyclic) bond motifs is 1. The number of nitrogen functional groups attached to an aromatic ring is 1. The lowest BCUT2D eigenvalue weighted by molar-refractivity contribution is 0.356. The van der Waals surface area contributed by atoms with Gasteiger partial charge < -0.3 is 10.3 Å². The predicted octanol–water partition coefficient (Wildman–Crippen LogP) is 4.23. The molecule has 2 unspecified atom stereocenters. The van der Waals surface area contributed by atoms with E-state index in [1.165, 1.54) is 18.6 Å². The van der Waals surface area contributed by atoms with Gasteiger partial charge in [0.25, 0.3) is 0 Å². The lowest BCUT2D eigenvalue weighted by Gasteiger charge is -2.11. The second-order valence-electron chi connectivity index (χ2n) is 5.86. The SMILES string of the molecule is Nc1noc(C2CC3CC3C2)c1-c1ccc(F)cc1Cl. The molecule has 0 spiro atoms. The maximum absolute atomic E-state index is 13.2. The molecule has 0 bridgehead atoms. The summed E-state index contributed by atoms with van der Waals surface area (Å²) in [5, 5.41) is 4.23. The quantitative estimate of drug-likeness (QED) is 0.901. The molecule has 4 rings (SSSR count). The highest BCUT2D eigenvalue weighted by molar-refractivity contribution is 6.33. The van der Waals surface area contributed by atoms with Crippen LogP contribution in [0.1, 0.15) is 30.9 Å². The van der Waals surface area contributed by atoms with E-state index in [4.69, 9.17) is 21.9 Å². The van der Waals surface area contributed by atoms with Gasteiger partial charge in [-0.15, -0.1) is 0 Å². The summed E-state index contributed by atoms with van der Waals surface area (Å²) in [6, 6.07) is 4.31. The van der Waals surface area contributed by atoms with Crippen molar-refractivity contribution < 1.29 is 8.91 Å². The van der Waals surface area contributed by atoms with Crippen molar-refractivity contribution in [2.24, 2.45) is 11.8 Å². The summed E-state index contributed by atoms with van der Waals surface area (Å²) in [6.07, 6.45) is 3.60. The molecule has 0 radical (unpaired) electrons. The zero-order valence-electron chi connectivity index (χ0n) is 10.8. The number of benzene rings is 1. The molecule has 0 amide bonds. The molecule has 1 aromatic heterocycles. The summed E-state index contributed by atoms with van der Waals surface area (Å²) < 4.78 is 18.7. The van der Waals surface area contributed by atoms with Crippen LogP contribution in [0, 0.1) is 17.7 Å². The van der Waals surface area contributed by atoms with Crippen molar-refractivity contribution in [3.05, 3.63) is 34.8 Å². The second-order valence-corrected chi connectivity index (χ2v) is 6.26. The van der Waals surface area contributed by atoms with Crippen molar-refractivity contribution in [2.75, 3.05) is 5.73 Å². The van der Waals surface area contributed by atoms with Gasteiger partial charge >= 0.3 is 0 Å². The molecular formula is C15H14ClFN2O. The number of aromatic nitrogens is 1. The Morgan fingerprint density at radius 1 is 1.25 bits per heavy atom. The van der Waals surface area contributed by atoms with Crippen LogP contribution < -0.4 is 5.73 Å². The summed E-state index contributed by atoms with van der Waals surface area (Å²) in [6.45, 7) is 0. The molecule has 2 aliphatic rings. The van der Waals surface area contributed by atoms with Crippen LogP contribution in [-0.4, -0.2) is 5.16 Å². The summed E-state index contributed by atoms with van der Waals surface area (Å²) in [5.74, 6) is 2.81. The van der Waals surface area contributed by atoms with Crippen LogP contribution >= 0.6 is 11.6 Å². The molecule has 0 saturated heterocycles. The van der Waals surface area contributed by atoms with Crippen molar-refractivity contribution in [3.63, 3.8) is 0 Å². The lowest BCUT2D eigenvalue weighted by atomic mass is 9.94. The molecule has 2 atom stereocenters. The third kappa shape index (κ3) is 1.82. The molecule has 1 aromatic carbocycles. The van der Waals surface area contributed by atoms with Gasteiger partial charge in [0.2, 0.25) is 0 Å². The number of rotatable bonds is 2. The van der Waals surface area contributed by atoms with Gasteiger partial charge in [-0.05, 0) is 49.3 Å². The summed E-state index contributed by atoms with van der Waals surface area (Å²) in [5.41, 5.74) is 7.37. The van der Waals surface area contributed by atoms with Gasteiger partial charge in [-0.1, -0.05) is 16.8 Å². The van der Waals surface area contributed by atoms with Crippen molar-refractivity contribution in [1.29, 1.82) is 0 Å². The molecular weight excluding hydrogens is 279 g/mol. The monoisotopic (exact) mass is 292 g/mol. The van der Waals surface area contributed by atoms with Crippen LogP contribution in [0.25, 0.3) is 11.1 Å². The van der Waals surface area contributed by atoms with Crippen LogP contribution in [0.2, 0.25) is 5.02 Å². The molecule has 20 heavy (non-hydrogen) atoms. The van der Waals surface area contributed by atoms with Gasteiger partial charge in [-0.3, -0.25) is 0 Å². The first-order chi connectivity index (χ1) is 9.63. The van der Waals surface area contributed by atoms with Gasteiger partial charge in [0, 0.05) is 11.5 Å². The van der Waals surface area contributed by atoms with Crippen molar-refractivity contribution >= 4 is 17.4 Å². The van der Waals surface area contributed by atoms with E-state index in [9.17, 15) is 4.39 Å². The van der Waals surface area contributed by atoms with Gasteiger partial charge in [0.1, 0.15) is 11.6 Å². The average molecular weight is 293 g/mol. The van der Waals surface area contributed by atoms with E-state index in [-0.39, 0.29) is 5.82 Å². The first kappa shape index (κ1) is 12.2. The number of anilines is 1. The Morgan fingerprint density at radius 3 is 2.70 bits per heavy atom. The molecule has 3 nitrogen and oxygen atoms in total. The Bertz CT molecular complexity index is 675. The van der Waals surface area contributed by atoms with E-state index in [2.05, 4.69) is 5.16 Å². The fraction of sp³-hybridized carbons (Fsp3) is 0.400. The first-order valence-corrected chi connectivity index (χ1v) is 7.21. The zero-order chi connectivity index (χ0) is 13.9. The zero-order valence-corrected chi connectivity index (χ0v) is 11.5. The molecule has 104 valence electrons. The predicted molar refractivity (Wildman–Crippen MR) is 74.9 cm³/mol. The smallest absolute Gasteiger partial charge is 0.175 e. The van der Waals surface area contributed by atoms with Gasteiger partial charge in [-0.25, -0.2) is 4.39 Å². The highest BCUT2D eigenvalue weighted by Crippen LogP contribution is 2.58. The molecule has 2 N–H and O–H groups in total. The summed E-state index contributed by atoms with van der Waals surface area (Å²) in [4.78, 5) is 0. The minimum Gasteiger partial charge on any atom is -0.380 e. The minimum absolute atomic E-state index is 0.328. The number of halogens is 2. The summed E-state index contributed by atoms with van der Waals surface area (Å²) in [7, 11) is 0. The molecule has 2 aromatic rings. The Balaban J connectivity index is 1.78. The van der Waals surface area contributed by atoms with Crippen LogP contribution in [0.5, 0.6) is 0 Å². The van der Waals surface area contributed by atoms with Crippen LogP contribution in [0.3, 0.4) is 0 Å². The fourth-order valence-electron chi connectivity index (χ4n) is 3.49. The Hall–Kier alpha value is -1.55. The fourth-order valence-corrected chi connectivity index (χ4v) is 3.75.